The Morgan fingerprint density at radius 3 is 2.35 bits per heavy atom. The maximum absolute atomic E-state index is 12.7. The van der Waals surface area contributed by atoms with Gasteiger partial charge in [-0.15, -0.1) is 0 Å². The van der Waals surface area contributed by atoms with E-state index in [1.54, 1.807) is 53.3 Å². The lowest BCUT2D eigenvalue weighted by molar-refractivity contribution is 0.601. The van der Waals surface area contributed by atoms with Crippen molar-refractivity contribution >= 4 is 38.1 Å². The van der Waals surface area contributed by atoms with E-state index in [1.807, 2.05) is 24.3 Å². The molecule has 0 bridgehead atoms. The van der Waals surface area contributed by atoms with Crippen LogP contribution in [0.2, 0.25) is 5.02 Å². The average molecular weight is 384 g/mol. The Kier molecular flexibility index (Phi) is 4.14. The average Bonchev–Trinajstić information content (AvgIpc) is 3.08. The van der Waals surface area contributed by atoms with Gasteiger partial charge < -0.3 is 0 Å². The number of anilines is 1. The van der Waals surface area contributed by atoms with Crippen molar-refractivity contribution in [3.8, 4) is 5.69 Å². The van der Waals surface area contributed by atoms with Gasteiger partial charge in [-0.1, -0.05) is 41.9 Å². The van der Waals surface area contributed by atoms with Gasteiger partial charge in [0.05, 0.1) is 21.8 Å². The molecule has 130 valence electrons. The van der Waals surface area contributed by atoms with E-state index in [0.717, 1.165) is 16.5 Å². The van der Waals surface area contributed by atoms with Crippen molar-refractivity contribution in [2.24, 2.45) is 0 Å². The number of benzene rings is 3. The summed E-state index contributed by atoms with van der Waals surface area (Å²) >= 11 is 5.86. The van der Waals surface area contributed by atoms with Gasteiger partial charge in [0.2, 0.25) is 0 Å². The maximum atomic E-state index is 12.7. The van der Waals surface area contributed by atoms with Crippen LogP contribution in [0.3, 0.4) is 0 Å². The second kappa shape index (κ2) is 6.48. The van der Waals surface area contributed by atoms with Crippen LogP contribution in [0.25, 0.3) is 16.5 Å². The second-order valence-electron chi connectivity index (χ2n) is 5.76. The van der Waals surface area contributed by atoms with Gasteiger partial charge in [0.15, 0.2) is 0 Å². The van der Waals surface area contributed by atoms with Crippen LogP contribution in [0.5, 0.6) is 0 Å². The number of hydrogen-bond donors (Lipinski definition) is 1. The van der Waals surface area contributed by atoms with Crippen LogP contribution in [0.4, 0.5) is 5.69 Å². The van der Waals surface area contributed by atoms with Gasteiger partial charge in [0.25, 0.3) is 10.0 Å². The molecular weight excluding hydrogens is 370 g/mol. The van der Waals surface area contributed by atoms with E-state index in [-0.39, 0.29) is 4.90 Å². The highest BCUT2D eigenvalue weighted by molar-refractivity contribution is 7.92. The molecule has 4 aromatic rings. The summed E-state index contributed by atoms with van der Waals surface area (Å²) in [5.74, 6) is 0. The van der Waals surface area contributed by atoms with E-state index in [2.05, 4.69) is 9.82 Å². The minimum atomic E-state index is -3.67. The lowest BCUT2D eigenvalue weighted by Crippen LogP contribution is -2.12. The van der Waals surface area contributed by atoms with Crippen LogP contribution in [0.15, 0.2) is 84.0 Å². The summed E-state index contributed by atoms with van der Waals surface area (Å²) in [6, 6.07) is 19.6. The third-order valence-electron chi connectivity index (χ3n) is 3.97. The lowest BCUT2D eigenvalue weighted by Gasteiger charge is -2.10. The molecule has 0 atom stereocenters. The molecular formula is C19H14ClN3O2S. The number of halogens is 1. The number of hydrogen-bond acceptors (Lipinski definition) is 3. The first kappa shape index (κ1) is 16.6. The normalized spacial score (nSPS) is 11.6. The van der Waals surface area contributed by atoms with E-state index in [0.29, 0.717) is 10.7 Å². The van der Waals surface area contributed by atoms with Crippen LogP contribution in [0.1, 0.15) is 0 Å². The topological polar surface area (TPSA) is 64.0 Å². The highest BCUT2D eigenvalue weighted by Crippen LogP contribution is 2.22. The Morgan fingerprint density at radius 1 is 0.923 bits per heavy atom. The highest BCUT2D eigenvalue weighted by atomic mass is 35.5. The molecule has 1 N–H and O–H groups in total. The van der Waals surface area contributed by atoms with Crippen molar-refractivity contribution in [3.05, 3.63) is 84.1 Å². The molecule has 0 aliphatic heterocycles. The summed E-state index contributed by atoms with van der Waals surface area (Å²) in [6.07, 6.45) is 3.22. The Labute approximate surface area is 155 Å². The van der Waals surface area contributed by atoms with E-state index < -0.39 is 10.0 Å². The minimum absolute atomic E-state index is 0.221. The summed E-state index contributed by atoms with van der Waals surface area (Å²) in [6.45, 7) is 0. The fourth-order valence-electron chi connectivity index (χ4n) is 2.67. The molecule has 0 aliphatic carbocycles. The zero-order valence-electron chi connectivity index (χ0n) is 13.5. The molecule has 26 heavy (non-hydrogen) atoms. The number of rotatable bonds is 4. The van der Waals surface area contributed by atoms with Gasteiger partial charge in [-0.2, -0.15) is 5.10 Å². The summed E-state index contributed by atoms with van der Waals surface area (Å²) in [4.78, 5) is 0.221. The monoisotopic (exact) mass is 383 g/mol. The minimum Gasteiger partial charge on any atom is -0.280 e. The van der Waals surface area contributed by atoms with E-state index >= 15 is 0 Å². The van der Waals surface area contributed by atoms with Crippen molar-refractivity contribution in [1.82, 2.24) is 9.78 Å². The predicted molar refractivity (Wildman–Crippen MR) is 103 cm³/mol. The molecule has 0 fully saturated rings. The van der Waals surface area contributed by atoms with E-state index in [1.165, 1.54) is 6.20 Å². The first-order valence-electron chi connectivity index (χ1n) is 7.83. The van der Waals surface area contributed by atoms with Crippen molar-refractivity contribution < 1.29 is 8.42 Å². The van der Waals surface area contributed by atoms with Crippen LogP contribution in [-0.2, 0) is 10.0 Å². The Hall–Kier alpha value is -2.83. The number of aromatic nitrogens is 2. The fourth-order valence-corrected chi connectivity index (χ4v) is 3.90. The first-order valence-corrected chi connectivity index (χ1v) is 9.70. The summed E-state index contributed by atoms with van der Waals surface area (Å²) in [7, 11) is -3.67. The summed E-state index contributed by atoms with van der Waals surface area (Å²) in [5, 5.41) is 6.52. The van der Waals surface area contributed by atoms with Gasteiger partial charge in [-0.25, -0.2) is 13.1 Å². The van der Waals surface area contributed by atoms with Crippen LogP contribution >= 0.6 is 11.6 Å². The fraction of sp³-hybridized carbons (Fsp3) is 0. The predicted octanol–water partition coefficient (Wildman–Crippen LogP) is 4.48. The second-order valence-corrected chi connectivity index (χ2v) is 7.88. The van der Waals surface area contributed by atoms with Gasteiger partial charge >= 0.3 is 0 Å². The molecule has 0 saturated heterocycles. The summed E-state index contributed by atoms with van der Waals surface area (Å²) < 4.78 is 29.5. The van der Waals surface area contributed by atoms with E-state index in [4.69, 9.17) is 11.6 Å². The number of fused-ring (bicyclic) bond motifs is 1. The lowest BCUT2D eigenvalue weighted by atomic mass is 10.1. The molecule has 0 aliphatic rings. The largest absolute Gasteiger partial charge is 0.280 e. The molecule has 0 radical (unpaired) electrons. The number of sulfonamides is 1. The maximum Gasteiger partial charge on any atom is 0.261 e. The molecule has 0 spiro atoms. The van der Waals surface area contributed by atoms with Gasteiger partial charge in [-0.05, 0) is 47.2 Å². The van der Waals surface area contributed by atoms with Crippen molar-refractivity contribution in [2.75, 3.05) is 4.72 Å². The zero-order valence-corrected chi connectivity index (χ0v) is 15.1. The van der Waals surface area contributed by atoms with Gasteiger partial charge in [0.1, 0.15) is 0 Å². The molecule has 0 unspecified atom stereocenters. The highest BCUT2D eigenvalue weighted by Gasteiger charge is 2.14. The molecule has 4 rings (SSSR count). The smallest absolute Gasteiger partial charge is 0.261 e. The third kappa shape index (κ3) is 3.29. The Morgan fingerprint density at radius 2 is 1.65 bits per heavy atom. The van der Waals surface area contributed by atoms with Gasteiger partial charge in [-0.3, -0.25) is 4.72 Å². The number of nitrogens with zero attached hydrogens (tertiary/aromatic N) is 2. The molecule has 5 nitrogen and oxygen atoms in total. The van der Waals surface area contributed by atoms with Crippen molar-refractivity contribution in [3.63, 3.8) is 0 Å². The molecule has 3 aromatic carbocycles. The zero-order chi connectivity index (χ0) is 18.1. The molecule has 1 aromatic heterocycles. The Bertz CT molecular complexity index is 1180. The molecule has 7 heteroatoms. The van der Waals surface area contributed by atoms with Gasteiger partial charge in [0, 0.05) is 11.9 Å². The molecule has 0 saturated carbocycles. The molecule has 0 amide bonds. The first-order chi connectivity index (χ1) is 12.5. The van der Waals surface area contributed by atoms with Crippen LogP contribution in [-0.4, -0.2) is 18.2 Å². The van der Waals surface area contributed by atoms with E-state index in [9.17, 15) is 8.42 Å². The SMILES string of the molecule is O=S(=O)(Nc1ccc(-n2cc(Cl)cn2)cc1)c1ccc2ccccc2c1. The molecule has 1 heterocycles. The van der Waals surface area contributed by atoms with Crippen molar-refractivity contribution in [1.29, 1.82) is 0 Å². The van der Waals surface area contributed by atoms with Crippen LogP contribution in [0, 0.1) is 0 Å². The standard InChI is InChI=1S/C19H14ClN3O2S/c20-16-12-21-23(13-16)18-8-6-17(7-9-18)22-26(24,25)19-10-5-14-3-1-2-4-15(14)11-19/h1-13,22H. The summed E-state index contributed by atoms with van der Waals surface area (Å²) in [5.41, 5.74) is 1.26. The quantitative estimate of drug-likeness (QED) is 0.565. The van der Waals surface area contributed by atoms with Crippen LogP contribution < -0.4 is 4.72 Å². The Balaban J connectivity index is 1.60. The third-order valence-corrected chi connectivity index (χ3v) is 5.54. The van der Waals surface area contributed by atoms with Crippen molar-refractivity contribution in [2.45, 2.75) is 4.90 Å². The number of nitrogens with one attached hydrogen (secondary N) is 1.